The molecule has 0 radical (unpaired) electrons. The lowest BCUT2D eigenvalue weighted by Crippen LogP contribution is -1.97. The lowest BCUT2D eigenvalue weighted by atomic mass is 10.3. The summed E-state index contributed by atoms with van der Waals surface area (Å²) in [7, 11) is 1.39. The molecule has 0 unspecified atom stereocenters. The third-order valence-electron chi connectivity index (χ3n) is 1.22. The van der Waals surface area contributed by atoms with Crippen molar-refractivity contribution in [3.05, 3.63) is 12.2 Å². The first-order valence-electron chi connectivity index (χ1n) is 4.01. The van der Waals surface area contributed by atoms with E-state index in [0.29, 0.717) is 12.8 Å². The fourth-order valence-electron chi connectivity index (χ4n) is 0.606. The van der Waals surface area contributed by atoms with Crippen LogP contribution in [-0.2, 0) is 9.53 Å². The molecule has 2 heteroatoms. The number of hydrogen-bond acceptors (Lipinski definition) is 2. The van der Waals surface area contributed by atoms with E-state index in [0.717, 1.165) is 6.42 Å². The van der Waals surface area contributed by atoms with E-state index in [-0.39, 0.29) is 5.97 Å². The molecule has 0 aliphatic heterocycles. The SMILES string of the molecule is CCC#CC=CCCC(=O)OC. The summed E-state index contributed by atoms with van der Waals surface area (Å²) < 4.78 is 4.47. The van der Waals surface area contributed by atoms with Gasteiger partial charge in [-0.15, -0.1) is 0 Å². The standard InChI is InChI=1S/C10H14O2/c1-3-4-5-6-7-8-9-10(11)12-2/h6-7H,3,8-9H2,1-2H3. The van der Waals surface area contributed by atoms with Gasteiger partial charge in [0.15, 0.2) is 0 Å². The third-order valence-corrected chi connectivity index (χ3v) is 1.22. The quantitative estimate of drug-likeness (QED) is 0.473. The minimum atomic E-state index is -0.178. The molecule has 0 aromatic carbocycles. The first-order valence-corrected chi connectivity index (χ1v) is 4.01. The molecule has 0 atom stereocenters. The normalized spacial score (nSPS) is 9.17. The molecule has 0 aromatic heterocycles. The monoisotopic (exact) mass is 166 g/mol. The van der Waals surface area contributed by atoms with E-state index in [2.05, 4.69) is 16.6 Å². The Labute approximate surface area is 73.6 Å². The molecular formula is C10H14O2. The fourth-order valence-corrected chi connectivity index (χ4v) is 0.606. The Balaban J connectivity index is 3.42. The Morgan fingerprint density at radius 1 is 1.58 bits per heavy atom. The summed E-state index contributed by atoms with van der Waals surface area (Å²) in [6.07, 6.45) is 5.64. The van der Waals surface area contributed by atoms with E-state index in [4.69, 9.17) is 0 Å². The Hall–Kier alpha value is -1.23. The summed E-state index contributed by atoms with van der Waals surface area (Å²) in [5, 5.41) is 0. The molecule has 0 spiro atoms. The van der Waals surface area contributed by atoms with Gasteiger partial charge in [-0.3, -0.25) is 4.79 Å². The van der Waals surface area contributed by atoms with E-state index in [1.54, 1.807) is 6.08 Å². The Morgan fingerprint density at radius 3 is 2.92 bits per heavy atom. The Bertz CT molecular complexity index is 206. The number of methoxy groups -OCH3 is 1. The van der Waals surface area contributed by atoms with Crippen LogP contribution < -0.4 is 0 Å². The van der Waals surface area contributed by atoms with Gasteiger partial charge >= 0.3 is 5.97 Å². The Morgan fingerprint density at radius 2 is 2.33 bits per heavy atom. The maximum atomic E-state index is 10.6. The average Bonchev–Trinajstić information content (AvgIpc) is 2.10. The van der Waals surface area contributed by atoms with Gasteiger partial charge in [0.25, 0.3) is 0 Å². The van der Waals surface area contributed by atoms with E-state index in [9.17, 15) is 4.79 Å². The van der Waals surface area contributed by atoms with Crippen LogP contribution in [0.5, 0.6) is 0 Å². The number of ether oxygens (including phenoxy) is 1. The first-order chi connectivity index (χ1) is 5.81. The van der Waals surface area contributed by atoms with Crippen LogP contribution in [0.25, 0.3) is 0 Å². The van der Waals surface area contributed by atoms with Crippen LogP contribution in [0.4, 0.5) is 0 Å². The molecule has 12 heavy (non-hydrogen) atoms. The molecule has 0 saturated heterocycles. The number of esters is 1. The first kappa shape index (κ1) is 10.8. The molecule has 0 aliphatic carbocycles. The number of carbonyl (C=O) groups excluding carboxylic acids is 1. The van der Waals surface area contributed by atoms with Gasteiger partial charge in [0.2, 0.25) is 0 Å². The van der Waals surface area contributed by atoms with Gasteiger partial charge < -0.3 is 4.74 Å². The fraction of sp³-hybridized carbons (Fsp3) is 0.500. The molecule has 0 fully saturated rings. The third kappa shape index (κ3) is 6.88. The van der Waals surface area contributed by atoms with Gasteiger partial charge in [-0.05, 0) is 12.5 Å². The summed E-state index contributed by atoms with van der Waals surface area (Å²) >= 11 is 0. The van der Waals surface area contributed by atoms with Gasteiger partial charge in [0.1, 0.15) is 0 Å². The van der Waals surface area contributed by atoms with Crippen LogP contribution in [0.2, 0.25) is 0 Å². The van der Waals surface area contributed by atoms with E-state index in [1.807, 2.05) is 13.0 Å². The second kappa shape index (κ2) is 7.87. The lowest BCUT2D eigenvalue weighted by Gasteiger charge is -1.92. The van der Waals surface area contributed by atoms with Crippen molar-refractivity contribution in [2.24, 2.45) is 0 Å². The smallest absolute Gasteiger partial charge is 0.305 e. The van der Waals surface area contributed by atoms with Crippen molar-refractivity contribution in [1.29, 1.82) is 0 Å². The van der Waals surface area contributed by atoms with Crippen LogP contribution in [-0.4, -0.2) is 13.1 Å². The second-order valence-electron chi connectivity index (χ2n) is 2.19. The molecule has 0 N–H and O–H groups in total. The highest BCUT2D eigenvalue weighted by Gasteiger charge is 1.94. The summed E-state index contributed by atoms with van der Waals surface area (Å²) in [4.78, 5) is 10.6. The molecule has 2 nitrogen and oxygen atoms in total. The highest BCUT2D eigenvalue weighted by molar-refractivity contribution is 5.69. The van der Waals surface area contributed by atoms with Crippen molar-refractivity contribution in [3.8, 4) is 11.8 Å². The van der Waals surface area contributed by atoms with Gasteiger partial charge in [0, 0.05) is 12.8 Å². The minimum absolute atomic E-state index is 0.178. The van der Waals surface area contributed by atoms with Crippen LogP contribution in [0.15, 0.2) is 12.2 Å². The van der Waals surface area contributed by atoms with Crippen LogP contribution >= 0.6 is 0 Å². The molecule has 0 aromatic rings. The zero-order valence-electron chi connectivity index (χ0n) is 7.59. The van der Waals surface area contributed by atoms with Crippen LogP contribution in [0.3, 0.4) is 0 Å². The molecule has 0 saturated carbocycles. The van der Waals surface area contributed by atoms with Gasteiger partial charge in [-0.25, -0.2) is 0 Å². The molecule has 0 aliphatic rings. The molecule has 0 bridgehead atoms. The lowest BCUT2D eigenvalue weighted by molar-refractivity contribution is -0.140. The highest BCUT2D eigenvalue weighted by Crippen LogP contribution is 1.92. The van der Waals surface area contributed by atoms with Crippen molar-refractivity contribution in [2.45, 2.75) is 26.2 Å². The largest absolute Gasteiger partial charge is 0.469 e. The predicted molar refractivity (Wildman–Crippen MR) is 48.5 cm³/mol. The van der Waals surface area contributed by atoms with Gasteiger partial charge in [-0.1, -0.05) is 24.8 Å². The van der Waals surface area contributed by atoms with E-state index >= 15 is 0 Å². The maximum Gasteiger partial charge on any atom is 0.305 e. The summed E-state index contributed by atoms with van der Waals surface area (Å²) in [5.74, 6) is 5.56. The van der Waals surface area contributed by atoms with Crippen molar-refractivity contribution in [2.75, 3.05) is 7.11 Å². The molecular weight excluding hydrogens is 152 g/mol. The van der Waals surface area contributed by atoms with Gasteiger partial charge in [0.05, 0.1) is 7.11 Å². The van der Waals surface area contributed by atoms with Crippen molar-refractivity contribution in [1.82, 2.24) is 0 Å². The van der Waals surface area contributed by atoms with E-state index < -0.39 is 0 Å². The number of hydrogen-bond donors (Lipinski definition) is 0. The summed E-state index contributed by atoms with van der Waals surface area (Å²) in [6, 6.07) is 0. The topological polar surface area (TPSA) is 26.3 Å². The number of allylic oxidation sites excluding steroid dienone is 2. The second-order valence-corrected chi connectivity index (χ2v) is 2.19. The minimum Gasteiger partial charge on any atom is -0.469 e. The van der Waals surface area contributed by atoms with Crippen molar-refractivity contribution >= 4 is 5.97 Å². The number of rotatable bonds is 3. The van der Waals surface area contributed by atoms with Crippen LogP contribution in [0.1, 0.15) is 26.2 Å². The zero-order valence-corrected chi connectivity index (χ0v) is 7.59. The average molecular weight is 166 g/mol. The van der Waals surface area contributed by atoms with Crippen LogP contribution in [0, 0.1) is 11.8 Å². The van der Waals surface area contributed by atoms with E-state index in [1.165, 1.54) is 7.11 Å². The highest BCUT2D eigenvalue weighted by atomic mass is 16.5. The molecule has 0 amide bonds. The van der Waals surface area contributed by atoms with Gasteiger partial charge in [-0.2, -0.15) is 0 Å². The summed E-state index contributed by atoms with van der Waals surface area (Å²) in [5.41, 5.74) is 0. The predicted octanol–water partition coefficient (Wildman–Crippen LogP) is 1.91. The zero-order chi connectivity index (χ0) is 9.23. The van der Waals surface area contributed by atoms with Crippen molar-refractivity contribution < 1.29 is 9.53 Å². The number of carbonyl (C=O) groups is 1. The Kier molecular flexibility index (Phi) is 7.07. The summed E-state index contributed by atoms with van der Waals surface area (Å²) in [6.45, 7) is 2.00. The molecule has 0 rings (SSSR count). The molecule has 0 heterocycles. The maximum absolute atomic E-state index is 10.6. The van der Waals surface area contributed by atoms with Crippen molar-refractivity contribution in [3.63, 3.8) is 0 Å². The molecule has 66 valence electrons.